The SMILES string of the molecule is NCCCC[C@H](NC(=O)[C@H](N)CCC(=O)O)C(=O)N[C@H](CCCN=C(N)N)C(=O)O. The largest absolute Gasteiger partial charge is 0.481 e. The van der Waals surface area contributed by atoms with Gasteiger partial charge in [0.25, 0.3) is 0 Å². The van der Waals surface area contributed by atoms with Crippen molar-refractivity contribution < 1.29 is 29.4 Å². The fourth-order valence-corrected chi connectivity index (χ4v) is 2.48. The van der Waals surface area contributed by atoms with E-state index in [-0.39, 0.29) is 38.2 Å². The van der Waals surface area contributed by atoms with Crippen LogP contribution in [-0.2, 0) is 19.2 Å². The molecular formula is C17H33N7O6. The number of unbranched alkanes of at least 4 members (excludes halogenated alkanes) is 1. The number of carboxylic acid groups (broad SMARTS) is 2. The van der Waals surface area contributed by atoms with Crippen LogP contribution in [0, 0.1) is 0 Å². The predicted molar refractivity (Wildman–Crippen MR) is 109 cm³/mol. The van der Waals surface area contributed by atoms with E-state index in [0.717, 1.165) is 0 Å². The summed E-state index contributed by atoms with van der Waals surface area (Å²) in [4.78, 5) is 50.6. The summed E-state index contributed by atoms with van der Waals surface area (Å²) in [6, 6.07) is -3.33. The average Bonchev–Trinajstić information content (AvgIpc) is 2.66. The highest BCUT2D eigenvalue weighted by molar-refractivity contribution is 5.91. The number of aliphatic carboxylic acids is 2. The van der Waals surface area contributed by atoms with Crippen LogP contribution in [0.2, 0.25) is 0 Å². The van der Waals surface area contributed by atoms with Crippen LogP contribution < -0.4 is 33.6 Å². The molecule has 0 fully saturated rings. The molecule has 0 aliphatic carbocycles. The Bertz CT molecular complexity index is 609. The summed E-state index contributed by atoms with van der Waals surface area (Å²) < 4.78 is 0. The summed E-state index contributed by atoms with van der Waals surface area (Å²) >= 11 is 0. The Balaban J connectivity index is 4.98. The van der Waals surface area contributed by atoms with Gasteiger partial charge >= 0.3 is 11.9 Å². The van der Waals surface area contributed by atoms with Gasteiger partial charge < -0.3 is 43.8 Å². The molecule has 2 amide bonds. The molecule has 0 aliphatic rings. The maximum absolute atomic E-state index is 12.6. The van der Waals surface area contributed by atoms with Gasteiger partial charge in [-0.05, 0) is 45.1 Å². The summed E-state index contributed by atoms with van der Waals surface area (Å²) in [5, 5.41) is 22.9. The summed E-state index contributed by atoms with van der Waals surface area (Å²) in [5.74, 6) is -3.82. The highest BCUT2D eigenvalue weighted by atomic mass is 16.4. The number of carboxylic acids is 2. The van der Waals surface area contributed by atoms with Crippen molar-refractivity contribution in [3.8, 4) is 0 Å². The van der Waals surface area contributed by atoms with Gasteiger partial charge in [-0.3, -0.25) is 19.4 Å². The maximum Gasteiger partial charge on any atom is 0.326 e. The smallest absolute Gasteiger partial charge is 0.326 e. The van der Waals surface area contributed by atoms with Gasteiger partial charge in [0.15, 0.2) is 5.96 Å². The Hall–Kier alpha value is -2.93. The van der Waals surface area contributed by atoms with Crippen LogP contribution in [0.25, 0.3) is 0 Å². The lowest BCUT2D eigenvalue weighted by Gasteiger charge is -2.23. The van der Waals surface area contributed by atoms with Crippen LogP contribution in [0.4, 0.5) is 0 Å². The van der Waals surface area contributed by atoms with E-state index in [4.69, 9.17) is 28.0 Å². The van der Waals surface area contributed by atoms with Crippen molar-refractivity contribution in [1.82, 2.24) is 10.6 Å². The van der Waals surface area contributed by atoms with Gasteiger partial charge in [0.2, 0.25) is 11.8 Å². The number of carbonyl (C=O) groups excluding carboxylic acids is 2. The van der Waals surface area contributed by atoms with E-state index in [2.05, 4.69) is 15.6 Å². The number of amides is 2. The molecule has 3 atom stereocenters. The standard InChI is InChI=1S/C17H33N7O6/c18-8-2-1-4-11(23-14(27)10(19)6-7-13(25)26)15(28)24-12(16(29)30)5-3-9-22-17(20)21/h10-12H,1-9,18-19H2,(H,23,27)(H,24,28)(H,25,26)(H,29,30)(H4,20,21,22)/t10-,11+,12-/m1/s1. The van der Waals surface area contributed by atoms with Crippen molar-refractivity contribution in [3.63, 3.8) is 0 Å². The molecule has 12 N–H and O–H groups in total. The van der Waals surface area contributed by atoms with Gasteiger partial charge in [-0.2, -0.15) is 0 Å². The van der Waals surface area contributed by atoms with Crippen LogP contribution >= 0.6 is 0 Å². The molecule has 0 rings (SSSR count). The van der Waals surface area contributed by atoms with Crippen molar-refractivity contribution in [2.75, 3.05) is 13.1 Å². The van der Waals surface area contributed by atoms with Crippen molar-refractivity contribution in [2.24, 2.45) is 27.9 Å². The number of aliphatic imine (C=N–C) groups is 1. The van der Waals surface area contributed by atoms with Crippen LogP contribution in [0.3, 0.4) is 0 Å². The Morgan fingerprint density at radius 2 is 1.47 bits per heavy atom. The number of hydrogen-bond acceptors (Lipinski definition) is 7. The maximum atomic E-state index is 12.6. The molecule has 13 heteroatoms. The number of rotatable bonds is 16. The lowest BCUT2D eigenvalue weighted by atomic mass is 10.1. The second-order valence-corrected chi connectivity index (χ2v) is 6.73. The van der Waals surface area contributed by atoms with E-state index in [9.17, 15) is 24.3 Å². The zero-order chi connectivity index (χ0) is 23.1. The normalized spacial score (nSPS) is 13.5. The third-order valence-corrected chi connectivity index (χ3v) is 4.15. The summed E-state index contributed by atoms with van der Waals surface area (Å²) in [7, 11) is 0. The van der Waals surface area contributed by atoms with Crippen molar-refractivity contribution >= 4 is 29.7 Å². The van der Waals surface area contributed by atoms with Gasteiger partial charge in [0.1, 0.15) is 12.1 Å². The number of nitrogens with zero attached hydrogens (tertiary/aromatic N) is 1. The van der Waals surface area contributed by atoms with E-state index in [1.807, 2.05) is 0 Å². The molecule has 0 aromatic carbocycles. The van der Waals surface area contributed by atoms with Crippen LogP contribution in [-0.4, -0.2) is 71.1 Å². The van der Waals surface area contributed by atoms with Crippen LogP contribution in [0.5, 0.6) is 0 Å². The average molecular weight is 431 g/mol. The Kier molecular flexibility index (Phi) is 13.5. The first-order valence-corrected chi connectivity index (χ1v) is 9.64. The topological polar surface area (TPSA) is 249 Å². The zero-order valence-electron chi connectivity index (χ0n) is 16.9. The quantitative estimate of drug-likeness (QED) is 0.0719. The minimum atomic E-state index is -1.24. The second-order valence-electron chi connectivity index (χ2n) is 6.73. The predicted octanol–water partition coefficient (Wildman–Crippen LogP) is -2.58. The minimum absolute atomic E-state index is 0.0828. The fraction of sp³-hybridized carbons (Fsp3) is 0.706. The molecule has 0 saturated heterocycles. The summed E-state index contributed by atoms with van der Waals surface area (Å²) in [6.07, 6.45) is 1.35. The van der Waals surface area contributed by atoms with Gasteiger partial charge in [-0.1, -0.05) is 0 Å². The first kappa shape index (κ1) is 27.1. The molecule has 0 unspecified atom stereocenters. The lowest BCUT2D eigenvalue weighted by Crippen LogP contribution is -2.54. The minimum Gasteiger partial charge on any atom is -0.481 e. The monoisotopic (exact) mass is 431 g/mol. The Labute approximate surface area is 174 Å². The highest BCUT2D eigenvalue weighted by Gasteiger charge is 2.27. The number of nitrogens with two attached hydrogens (primary N) is 4. The molecule has 0 aromatic rings. The Morgan fingerprint density at radius 3 is 2.00 bits per heavy atom. The van der Waals surface area contributed by atoms with E-state index in [0.29, 0.717) is 25.8 Å². The molecule has 0 bridgehead atoms. The van der Waals surface area contributed by atoms with Crippen LogP contribution in [0.1, 0.15) is 44.9 Å². The second kappa shape index (κ2) is 15.0. The fourth-order valence-electron chi connectivity index (χ4n) is 2.48. The number of hydrogen-bond donors (Lipinski definition) is 8. The first-order valence-electron chi connectivity index (χ1n) is 9.64. The van der Waals surface area contributed by atoms with Gasteiger partial charge in [0.05, 0.1) is 6.04 Å². The van der Waals surface area contributed by atoms with Crippen LogP contribution in [0.15, 0.2) is 4.99 Å². The number of carbonyl (C=O) groups is 4. The van der Waals surface area contributed by atoms with E-state index < -0.39 is 41.9 Å². The van der Waals surface area contributed by atoms with Crippen molar-refractivity contribution in [3.05, 3.63) is 0 Å². The molecule has 0 heterocycles. The van der Waals surface area contributed by atoms with E-state index >= 15 is 0 Å². The molecule has 0 radical (unpaired) electrons. The Morgan fingerprint density at radius 1 is 0.867 bits per heavy atom. The molecule has 0 saturated carbocycles. The van der Waals surface area contributed by atoms with E-state index in [1.54, 1.807) is 0 Å². The molecule has 172 valence electrons. The molecule has 0 aliphatic heterocycles. The highest BCUT2D eigenvalue weighted by Crippen LogP contribution is 2.05. The summed E-state index contributed by atoms with van der Waals surface area (Å²) in [6.45, 7) is 0.597. The zero-order valence-corrected chi connectivity index (χ0v) is 16.9. The molecular weight excluding hydrogens is 398 g/mol. The molecule has 0 aromatic heterocycles. The van der Waals surface area contributed by atoms with Gasteiger partial charge in [-0.25, -0.2) is 4.79 Å². The number of nitrogens with one attached hydrogen (secondary N) is 2. The third-order valence-electron chi connectivity index (χ3n) is 4.15. The van der Waals surface area contributed by atoms with E-state index in [1.165, 1.54) is 0 Å². The lowest BCUT2D eigenvalue weighted by molar-refractivity contribution is -0.142. The number of guanidine groups is 1. The third kappa shape index (κ3) is 12.5. The molecule has 30 heavy (non-hydrogen) atoms. The van der Waals surface area contributed by atoms with Gasteiger partial charge in [-0.15, -0.1) is 0 Å². The van der Waals surface area contributed by atoms with Crippen molar-refractivity contribution in [1.29, 1.82) is 0 Å². The summed E-state index contributed by atoms with van der Waals surface area (Å²) in [5.41, 5.74) is 21.5. The molecule has 13 nitrogen and oxygen atoms in total. The first-order chi connectivity index (χ1) is 14.1. The molecule has 0 spiro atoms. The van der Waals surface area contributed by atoms with Gasteiger partial charge in [0, 0.05) is 13.0 Å². The van der Waals surface area contributed by atoms with Crippen molar-refractivity contribution in [2.45, 2.75) is 63.1 Å².